The Morgan fingerprint density at radius 2 is 1.64 bits per heavy atom. The van der Waals surface area contributed by atoms with Gasteiger partial charge in [-0.1, -0.05) is 76.1 Å². The zero-order valence-electron chi connectivity index (χ0n) is 33.0. The fourth-order valence-electron chi connectivity index (χ4n) is 14.7. The van der Waals surface area contributed by atoms with E-state index < -0.39 is 65.1 Å². The number of fused-ring (bicyclic) bond motifs is 4. The Labute approximate surface area is 325 Å². The molecule has 7 N–H and O–H groups in total. The quantitative estimate of drug-likeness (QED) is 0.149. The van der Waals surface area contributed by atoms with E-state index in [9.17, 15) is 40.5 Å². The minimum absolute atomic E-state index is 0.00372. The second kappa shape index (κ2) is 13.8. The highest BCUT2D eigenvalue weighted by Gasteiger charge is 2.75. The van der Waals surface area contributed by atoms with Crippen molar-refractivity contribution in [3.05, 3.63) is 47.5 Å². The molecule has 0 radical (unpaired) electrons. The number of carboxylic acid groups (broad SMARTS) is 1. The molecular formula is C44H64O11. The van der Waals surface area contributed by atoms with Crippen LogP contribution in [-0.2, 0) is 25.6 Å². The lowest BCUT2D eigenvalue weighted by Crippen LogP contribution is -2.72. The predicted octanol–water partition coefficient (Wildman–Crippen LogP) is 4.20. The Hall–Kier alpha value is -1.93. The highest BCUT2D eigenvalue weighted by Crippen LogP contribution is 2.79. The van der Waals surface area contributed by atoms with Crippen LogP contribution in [-0.4, -0.2) is 104 Å². The van der Waals surface area contributed by atoms with Crippen molar-refractivity contribution in [3.8, 4) is 0 Å². The van der Waals surface area contributed by atoms with Crippen LogP contribution in [0.25, 0.3) is 0 Å². The van der Waals surface area contributed by atoms with Gasteiger partial charge >= 0.3 is 5.97 Å². The van der Waals surface area contributed by atoms with Crippen LogP contribution in [0.3, 0.4) is 0 Å². The number of aliphatic hydroxyl groups excluding tert-OH is 6. The van der Waals surface area contributed by atoms with Gasteiger partial charge in [-0.15, -0.1) is 0 Å². The average Bonchev–Trinajstić information content (AvgIpc) is 3.16. The number of aliphatic hydroxyl groups is 6. The molecule has 2 bridgehead atoms. The van der Waals surface area contributed by atoms with Gasteiger partial charge in [0.1, 0.15) is 23.7 Å². The van der Waals surface area contributed by atoms with Crippen LogP contribution < -0.4 is 0 Å². The van der Waals surface area contributed by atoms with E-state index in [1.54, 1.807) is 0 Å². The van der Waals surface area contributed by atoms with Crippen molar-refractivity contribution < 1.29 is 54.8 Å². The minimum atomic E-state index is -1.49. The summed E-state index contributed by atoms with van der Waals surface area (Å²) in [4.78, 5) is 13.3. The number of aliphatic carboxylic acids is 1. The molecule has 7 aliphatic rings. The van der Waals surface area contributed by atoms with Crippen LogP contribution in [0, 0.1) is 56.2 Å². The highest BCUT2D eigenvalue weighted by molar-refractivity contribution is 5.77. The Morgan fingerprint density at radius 1 is 0.891 bits per heavy atom. The molecule has 0 amide bonds. The molecule has 6 aliphatic carbocycles. The molecule has 1 aromatic carbocycles. The Morgan fingerprint density at radius 3 is 2.33 bits per heavy atom. The third-order valence-electron chi connectivity index (χ3n) is 17.3. The lowest BCUT2D eigenvalue weighted by Gasteiger charge is -2.75. The first-order valence-corrected chi connectivity index (χ1v) is 20.9. The number of allylic oxidation sites excluding steroid dienone is 2. The van der Waals surface area contributed by atoms with E-state index in [2.05, 4.69) is 26.8 Å². The van der Waals surface area contributed by atoms with E-state index in [1.165, 1.54) is 5.57 Å². The minimum Gasteiger partial charge on any atom is -0.481 e. The van der Waals surface area contributed by atoms with Crippen molar-refractivity contribution >= 4 is 5.97 Å². The van der Waals surface area contributed by atoms with Crippen molar-refractivity contribution in [1.29, 1.82) is 0 Å². The molecule has 55 heavy (non-hydrogen) atoms. The Bertz CT molecular complexity index is 1640. The van der Waals surface area contributed by atoms with E-state index in [0.717, 1.165) is 37.7 Å². The van der Waals surface area contributed by atoms with Crippen molar-refractivity contribution in [2.45, 2.75) is 141 Å². The van der Waals surface area contributed by atoms with Crippen molar-refractivity contribution in [1.82, 2.24) is 0 Å². The zero-order chi connectivity index (χ0) is 39.3. The van der Waals surface area contributed by atoms with Crippen LogP contribution in [0.4, 0.5) is 0 Å². The van der Waals surface area contributed by atoms with E-state index in [1.807, 2.05) is 37.3 Å². The van der Waals surface area contributed by atoms with E-state index >= 15 is 0 Å². The van der Waals surface area contributed by atoms with Gasteiger partial charge in [0, 0.05) is 12.0 Å². The second-order valence-electron chi connectivity index (χ2n) is 20.0. The van der Waals surface area contributed by atoms with Crippen molar-refractivity contribution in [3.63, 3.8) is 0 Å². The number of hydrogen-bond acceptors (Lipinski definition) is 10. The fraction of sp³-hybridized carbons (Fsp3) is 0.795. The second-order valence-corrected chi connectivity index (χ2v) is 20.0. The average molecular weight is 769 g/mol. The third kappa shape index (κ3) is 5.64. The summed E-state index contributed by atoms with van der Waals surface area (Å²) < 4.78 is 19.4. The molecule has 5 saturated carbocycles. The molecule has 1 heterocycles. The topological polar surface area (TPSA) is 186 Å². The number of carboxylic acids is 1. The smallest absolute Gasteiger partial charge is 0.312 e. The van der Waals surface area contributed by atoms with Gasteiger partial charge in [-0.3, -0.25) is 4.79 Å². The lowest BCUT2D eigenvalue weighted by molar-refractivity contribution is -0.336. The maximum absolute atomic E-state index is 13.3. The highest BCUT2D eigenvalue weighted by atomic mass is 16.7. The standard InChI is InChI=1S/C44H64O11/c1-39(23-45)18-28-27-17-26-11-8-13-43(42(27,4)15-16-44(28,38(51)52)32(48)20-39)14-12-31-40(2,35(26)43)19-30(53-21-25-9-6-5-7-10-25)36(41(31,3)24-46)55-37-34(50)33(49)29(47)22-54-37/h5-7,9-10,17,26,28-37,45-50H,8,11-16,18-24H2,1-4H3,(H,51,52)/t26-,28-,29+,30+,31-,32+,33-,34+,35+,36+,37-,39+,40-,41-,42+,43+,44-/m0/s1. The van der Waals surface area contributed by atoms with E-state index in [0.29, 0.717) is 32.3 Å². The first-order chi connectivity index (χ1) is 26.0. The van der Waals surface area contributed by atoms with Crippen LogP contribution in [0.5, 0.6) is 0 Å². The Kier molecular flexibility index (Phi) is 10.0. The van der Waals surface area contributed by atoms with Gasteiger partial charge in [0.15, 0.2) is 6.29 Å². The molecule has 0 aromatic heterocycles. The number of carbonyl (C=O) groups is 1. The molecule has 1 saturated heterocycles. The van der Waals surface area contributed by atoms with Crippen LogP contribution >= 0.6 is 0 Å². The molecule has 306 valence electrons. The summed E-state index contributed by atoms with van der Waals surface area (Å²) in [6.45, 7) is 8.65. The predicted molar refractivity (Wildman–Crippen MR) is 201 cm³/mol. The van der Waals surface area contributed by atoms with Gasteiger partial charge in [-0.05, 0) is 109 Å². The molecule has 11 nitrogen and oxygen atoms in total. The zero-order valence-corrected chi connectivity index (χ0v) is 33.0. The molecule has 0 unspecified atom stereocenters. The number of ether oxygens (including phenoxy) is 3. The molecular weight excluding hydrogens is 704 g/mol. The molecule has 6 fully saturated rings. The first-order valence-electron chi connectivity index (χ1n) is 20.9. The summed E-state index contributed by atoms with van der Waals surface area (Å²) >= 11 is 0. The molecule has 17 atom stereocenters. The normalized spacial score (nSPS) is 51.8. The maximum atomic E-state index is 13.3. The number of benzene rings is 1. The van der Waals surface area contributed by atoms with Crippen LogP contribution in [0.1, 0.15) is 97.5 Å². The van der Waals surface area contributed by atoms with E-state index in [-0.39, 0.29) is 66.2 Å². The van der Waals surface area contributed by atoms with Gasteiger partial charge in [0.05, 0.1) is 38.1 Å². The molecule has 0 spiro atoms. The summed E-state index contributed by atoms with van der Waals surface area (Å²) in [6, 6.07) is 9.93. The van der Waals surface area contributed by atoms with Crippen molar-refractivity contribution in [2.75, 3.05) is 19.8 Å². The number of hydrogen-bond donors (Lipinski definition) is 7. The van der Waals surface area contributed by atoms with Crippen LogP contribution in [0.15, 0.2) is 42.0 Å². The number of rotatable bonds is 8. The summed E-state index contributed by atoms with van der Waals surface area (Å²) in [5.74, 6) is -0.949. The summed E-state index contributed by atoms with van der Waals surface area (Å²) in [5.41, 5.74) is -1.31. The Balaban J connectivity index is 1.22. The molecule has 8 rings (SSSR count). The van der Waals surface area contributed by atoms with Gasteiger partial charge in [-0.2, -0.15) is 0 Å². The molecule has 1 aliphatic heterocycles. The summed E-state index contributed by atoms with van der Waals surface area (Å²) in [5, 5.41) is 76.6. The largest absolute Gasteiger partial charge is 0.481 e. The molecule has 1 aromatic rings. The monoisotopic (exact) mass is 768 g/mol. The third-order valence-corrected chi connectivity index (χ3v) is 17.3. The lowest BCUT2D eigenvalue weighted by atomic mass is 9.29. The first kappa shape index (κ1) is 39.9. The fourth-order valence-corrected chi connectivity index (χ4v) is 14.7. The van der Waals surface area contributed by atoms with Gasteiger partial charge in [0.2, 0.25) is 0 Å². The summed E-state index contributed by atoms with van der Waals surface area (Å²) in [6.07, 6.45) is 2.04. The van der Waals surface area contributed by atoms with Crippen LogP contribution in [0.2, 0.25) is 0 Å². The van der Waals surface area contributed by atoms with Gasteiger partial charge in [-0.25, -0.2) is 0 Å². The van der Waals surface area contributed by atoms with E-state index in [4.69, 9.17) is 14.2 Å². The van der Waals surface area contributed by atoms with Crippen molar-refractivity contribution in [2.24, 2.45) is 56.2 Å². The van der Waals surface area contributed by atoms with Gasteiger partial charge < -0.3 is 50.0 Å². The van der Waals surface area contributed by atoms with Gasteiger partial charge in [0.25, 0.3) is 0 Å². The SMILES string of the molecule is C[C@]1(CO)C[C@@H](O)[C@]2(C(=O)O)CC[C@]3(C)C(=C[C@@H]4CCC[C@]35CC[C@@H]3[C@](C)(CO)[C@H](O[C@@H]6OC[C@@H](O)[C@H](O)[C@H]6O)[C@H](OCc6ccccc6)C[C@]3(C)[C@@H]45)[C@@H]2C1. The summed E-state index contributed by atoms with van der Waals surface area (Å²) in [7, 11) is 0. The maximum Gasteiger partial charge on any atom is 0.312 e. The molecule has 11 heteroatoms.